The van der Waals surface area contributed by atoms with Gasteiger partial charge in [-0.25, -0.2) is 4.39 Å². The molecule has 1 heterocycles. The van der Waals surface area contributed by atoms with Gasteiger partial charge >= 0.3 is 0 Å². The zero-order valence-electron chi connectivity index (χ0n) is 10.6. The smallest absolute Gasteiger partial charge is 0.124 e. The van der Waals surface area contributed by atoms with Crippen molar-refractivity contribution in [2.75, 3.05) is 0 Å². The van der Waals surface area contributed by atoms with Gasteiger partial charge in [0.05, 0.1) is 0 Å². The van der Waals surface area contributed by atoms with E-state index in [4.69, 9.17) is 4.74 Å². The first kappa shape index (κ1) is 12.7. The molecule has 1 aliphatic heterocycles. The lowest BCUT2D eigenvalue weighted by atomic mass is 9.95. The van der Waals surface area contributed by atoms with E-state index in [1.165, 1.54) is 11.6 Å². The maximum Gasteiger partial charge on any atom is 0.124 e. The Morgan fingerprint density at radius 3 is 2.89 bits per heavy atom. The molecule has 0 bridgehead atoms. The Morgan fingerprint density at radius 2 is 2.05 bits per heavy atom. The van der Waals surface area contributed by atoms with Crippen LogP contribution in [0.5, 0.6) is 5.75 Å². The highest BCUT2D eigenvalue weighted by molar-refractivity contribution is 9.10. The van der Waals surface area contributed by atoms with Gasteiger partial charge in [-0.05, 0) is 66.8 Å². The Labute approximate surface area is 120 Å². The molecule has 3 heteroatoms. The van der Waals surface area contributed by atoms with Crippen molar-refractivity contribution in [2.45, 2.75) is 25.9 Å². The van der Waals surface area contributed by atoms with Crippen LogP contribution in [0.3, 0.4) is 0 Å². The van der Waals surface area contributed by atoms with Crippen molar-refractivity contribution in [1.29, 1.82) is 0 Å². The average Bonchev–Trinajstić information content (AvgIpc) is 2.41. The molecule has 0 N–H and O–H groups in total. The number of benzene rings is 2. The van der Waals surface area contributed by atoms with Crippen LogP contribution < -0.4 is 4.74 Å². The molecular weight excluding hydrogens is 307 g/mol. The number of rotatable bonds is 1. The number of aryl methyl sites for hydroxylation is 2. The number of fused-ring (bicyclic) bond motifs is 1. The minimum atomic E-state index is -0.203. The summed E-state index contributed by atoms with van der Waals surface area (Å²) in [6, 6.07) is 10.9. The molecule has 98 valence electrons. The molecule has 0 spiro atoms. The van der Waals surface area contributed by atoms with Gasteiger partial charge in [-0.2, -0.15) is 0 Å². The second-order valence-corrected chi connectivity index (χ2v) is 5.81. The van der Waals surface area contributed by atoms with Crippen LogP contribution in [0.15, 0.2) is 40.9 Å². The van der Waals surface area contributed by atoms with Crippen LogP contribution in [0.1, 0.15) is 29.2 Å². The van der Waals surface area contributed by atoms with Crippen molar-refractivity contribution in [1.82, 2.24) is 0 Å². The number of hydrogen-bond acceptors (Lipinski definition) is 1. The monoisotopic (exact) mass is 320 g/mol. The summed E-state index contributed by atoms with van der Waals surface area (Å²) >= 11 is 3.47. The van der Waals surface area contributed by atoms with Gasteiger partial charge < -0.3 is 4.74 Å². The lowest BCUT2D eigenvalue weighted by Gasteiger charge is -2.27. The summed E-state index contributed by atoms with van der Waals surface area (Å²) < 4.78 is 20.5. The van der Waals surface area contributed by atoms with E-state index in [-0.39, 0.29) is 11.9 Å². The molecule has 0 fully saturated rings. The second kappa shape index (κ2) is 4.97. The summed E-state index contributed by atoms with van der Waals surface area (Å²) in [5.41, 5.74) is 3.24. The number of hydrogen-bond donors (Lipinski definition) is 0. The summed E-state index contributed by atoms with van der Waals surface area (Å²) in [5.74, 6) is 0.703. The Kier molecular flexibility index (Phi) is 3.31. The van der Waals surface area contributed by atoms with Crippen LogP contribution in [-0.2, 0) is 6.42 Å². The van der Waals surface area contributed by atoms with E-state index in [9.17, 15) is 4.39 Å². The second-order valence-electron chi connectivity index (χ2n) is 4.90. The minimum Gasteiger partial charge on any atom is -0.485 e. The summed E-state index contributed by atoms with van der Waals surface area (Å²) in [5, 5.41) is 0. The maximum absolute atomic E-state index is 13.4. The van der Waals surface area contributed by atoms with E-state index in [0.717, 1.165) is 34.2 Å². The fourth-order valence-corrected chi connectivity index (χ4v) is 2.94. The summed E-state index contributed by atoms with van der Waals surface area (Å²) in [7, 11) is 0. The quantitative estimate of drug-likeness (QED) is 0.721. The predicted molar refractivity (Wildman–Crippen MR) is 77.0 cm³/mol. The minimum absolute atomic E-state index is 0.0515. The standard InChI is InChI=1S/C16H14BrFO/c1-10-2-5-13(18)9-14(10)16-6-3-11-8-12(17)4-7-15(11)19-16/h2,4-5,7-9,16H,3,6H2,1H3. The van der Waals surface area contributed by atoms with Crippen molar-refractivity contribution >= 4 is 15.9 Å². The molecule has 2 aromatic carbocycles. The zero-order valence-corrected chi connectivity index (χ0v) is 12.2. The van der Waals surface area contributed by atoms with Crippen molar-refractivity contribution < 1.29 is 9.13 Å². The molecule has 0 aromatic heterocycles. The number of halogens is 2. The zero-order chi connectivity index (χ0) is 13.4. The predicted octanol–water partition coefficient (Wildman–Crippen LogP) is 4.96. The van der Waals surface area contributed by atoms with E-state index >= 15 is 0 Å². The highest BCUT2D eigenvalue weighted by Gasteiger charge is 2.23. The first-order valence-corrected chi connectivity index (χ1v) is 7.14. The molecule has 1 unspecified atom stereocenters. The molecule has 1 nitrogen and oxygen atoms in total. The SMILES string of the molecule is Cc1ccc(F)cc1C1CCc2cc(Br)ccc2O1. The molecule has 0 radical (unpaired) electrons. The third kappa shape index (κ3) is 2.52. The van der Waals surface area contributed by atoms with E-state index in [0.29, 0.717) is 0 Å². The van der Waals surface area contributed by atoms with Crippen molar-refractivity contribution in [3.05, 3.63) is 63.4 Å². The van der Waals surface area contributed by atoms with Crippen molar-refractivity contribution in [3.8, 4) is 5.75 Å². The first-order valence-electron chi connectivity index (χ1n) is 6.34. The Morgan fingerprint density at radius 1 is 1.21 bits per heavy atom. The van der Waals surface area contributed by atoms with Crippen LogP contribution in [-0.4, -0.2) is 0 Å². The van der Waals surface area contributed by atoms with E-state index in [1.807, 2.05) is 25.1 Å². The Bertz CT molecular complexity index is 624. The third-order valence-electron chi connectivity index (χ3n) is 3.56. The first-order chi connectivity index (χ1) is 9.13. The lowest BCUT2D eigenvalue weighted by Crippen LogP contribution is -2.16. The van der Waals surface area contributed by atoms with Crippen LogP contribution in [0, 0.1) is 12.7 Å². The van der Waals surface area contributed by atoms with E-state index in [1.54, 1.807) is 6.07 Å². The van der Waals surface area contributed by atoms with Crippen LogP contribution in [0.4, 0.5) is 4.39 Å². The van der Waals surface area contributed by atoms with Gasteiger partial charge in [-0.15, -0.1) is 0 Å². The molecule has 0 aliphatic carbocycles. The summed E-state index contributed by atoms with van der Waals surface area (Å²) in [6.45, 7) is 2.00. The Hall–Kier alpha value is -1.35. The molecule has 0 saturated heterocycles. The fourth-order valence-electron chi connectivity index (χ4n) is 2.53. The molecule has 3 rings (SSSR count). The van der Waals surface area contributed by atoms with Crippen molar-refractivity contribution in [3.63, 3.8) is 0 Å². The van der Waals surface area contributed by atoms with E-state index in [2.05, 4.69) is 22.0 Å². The molecule has 1 aliphatic rings. The van der Waals surface area contributed by atoms with Crippen LogP contribution >= 0.6 is 15.9 Å². The molecule has 2 aromatic rings. The van der Waals surface area contributed by atoms with Gasteiger partial charge in [0.2, 0.25) is 0 Å². The molecule has 0 amide bonds. The maximum atomic E-state index is 13.4. The molecule has 1 atom stereocenters. The summed E-state index contributed by atoms with van der Waals surface area (Å²) in [4.78, 5) is 0. The van der Waals surface area contributed by atoms with Gasteiger partial charge in [0.1, 0.15) is 17.7 Å². The number of ether oxygens (including phenoxy) is 1. The van der Waals surface area contributed by atoms with Gasteiger partial charge in [0, 0.05) is 4.47 Å². The summed E-state index contributed by atoms with van der Waals surface area (Å²) in [6.07, 6.45) is 1.78. The lowest BCUT2D eigenvalue weighted by molar-refractivity contribution is 0.175. The van der Waals surface area contributed by atoms with Crippen LogP contribution in [0.2, 0.25) is 0 Å². The van der Waals surface area contributed by atoms with Gasteiger partial charge in [-0.1, -0.05) is 22.0 Å². The normalized spacial score (nSPS) is 17.7. The topological polar surface area (TPSA) is 9.23 Å². The average molecular weight is 321 g/mol. The van der Waals surface area contributed by atoms with Crippen molar-refractivity contribution in [2.24, 2.45) is 0 Å². The highest BCUT2D eigenvalue weighted by atomic mass is 79.9. The largest absolute Gasteiger partial charge is 0.485 e. The molecular formula is C16H14BrFO. The van der Waals surface area contributed by atoms with Gasteiger partial charge in [0.15, 0.2) is 0 Å². The highest BCUT2D eigenvalue weighted by Crippen LogP contribution is 2.37. The molecule has 19 heavy (non-hydrogen) atoms. The van der Waals surface area contributed by atoms with Crippen LogP contribution in [0.25, 0.3) is 0 Å². The Balaban J connectivity index is 1.93. The van der Waals surface area contributed by atoms with Gasteiger partial charge in [0.25, 0.3) is 0 Å². The molecule has 0 saturated carbocycles. The van der Waals surface area contributed by atoms with E-state index < -0.39 is 0 Å². The third-order valence-corrected chi connectivity index (χ3v) is 4.05. The van der Waals surface area contributed by atoms with Gasteiger partial charge in [-0.3, -0.25) is 0 Å². The fraction of sp³-hybridized carbons (Fsp3) is 0.250.